The number of hydrogen-bond donors (Lipinski definition) is 1. The summed E-state index contributed by atoms with van der Waals surface area (Å²) in [6, 6.07) is 7.83. The number of halogens is 1. The molecule has 22 heavy (non-hydrogen) atoms. The minimum atomic E-state index is -0.357. The normalized spacial score (nSPS) is 22.1. The highest BCUT2D eigenvalue weighted by Crippen LogP contribution is 2.48. The number of rotatable bonds is 5. The number of ether oxygens (including phenoxy) is 1. The van der Waals surface area contributed by atoms with Crippen LogP contribution in [0.15, 0.2) is 24.3 Å². The van der Waals surface area contributed by atoms with Crippen LogP contribution in [0.4, 0.5) is 0 Å². The van der Waals surface area contributed by atoms with E-state index in [1.54, 1.807) is 0 Å². The first-order chi connectivity index (χ1) is 10.6. The van der Waals surface area contributed by atoms with Crippen molar-refractivity contribution >= 4 is 17.5 Å². The largest absolute Gasteiger partial charge is 0.379 e. The lowest BCUT2D eigenvalue weighted by molar-refractivity contribution is -0.124. The van der Waals surface area contributed by atoms with Crippen molar-refractivity contribution in [2.75, 3.05) is 32.8 Å². The van der Waals surface area contributed by atoms with Crippen LogP contribution in [-0.2, 0) is 14.9 Å². The molecule has 1 aliphatic heterocycles. The van der Waals surface area contributed by atoms with Gasteiger partial charge < -0.3 is 10.1 Å². The molecule has 3 rings (SSSR count). The SMILES string of the molecule is C[C@@H](CN1CCOCC1)NC(=O)C1(c2cccc(Cl)c2)CC1. The van der Waals surface area contributed by atoms with Crippen molar-refractivity contribution in [3.63, 3.8) is 0 Å². The van der Waals surface area contributed by atoms with Gasteiger partial charge in [-0.1, -0.05) is 23.7 Å². The molecule has 1 atom stereocenters. The Morgan fingerprint density at radius 1 is 1.41 bits per heavy atom. The van der Waals surface area contributed by atoms with E-state index >= 15 is 0 Å². The second-order valence-corrected chi connectivity index (χ2v) is 6.82. The summed E-state index contributed by atoms with van der Waals surface area (Å²) in [5, 5.41) is 3.88. The zero-order chi connectivity index (χ0) is 15.6. The van der Waals surface area contributed by atoms with Crippen molar-refractivity contribution in [2.45, 2.75) is 31.2 Å². The number of carbonyl (C=O) groups excluding carboxylic acids is 1. The molecule has 1 saturated heterocycles. The minimum Gasteiger partial charge on any atom is -0.379 e. The Balaban J connectivity index is 1.59. The fourth-order valence-corrected chi connectivity index (χ4v) is 3.33. The summed E-state index contributed by atoms with van der Waals surface area (Å²) >= 11 is 6.07. The van der Waals surface area contributed by atoms with Gasteiger partial charge in [-0.05, 0) is 37.5 Å². The lowest BCUT2D eigenvalue weighted by Crippen LogP contribution is -2.48. The Labute approximate surface area is 136 Å². The maximum Gasteiger partial charge on any atom is 0.230 e. The quantitative estimate of drug-likeness (QED) is 0.903. The van der Waals surface area contributed by atoms with Crippen LogP contribution in [0.2, 0.25) is 5.02 Å². The van der Waals surface area contributed by atoms with Crippen LogP contribution in [0.3, 0.4) is 0 Å². The van der Waals surface area contributed by atoms with Gasteiger partial charge in [0, 0.05) is 30.7 Å². The molecule has 1 aliphatic carbocycles. The molecule has 4 nitrogen and oxygen atoms in total. The van der Waals surface area contributed by atoms with E-state index in [0.29, 0.717) is 5.02 Å². The predicted octanol–water partition coefficient (Wildman–Crippen LogP) is 2.21. The average molecular weight is 323 g/mol. The summed E-state index contributed by atoms with van der Waals surface area (Å²) in [4.78, 5) is 15.0. The van der Waals surface area contributed by atoms with E-state index in [0.717, 1.165) is 51.3 Å². The van der Waals surface area contributed by atoms with Crippen LogP contribution in [0.25, 0.3) is 0 Å². The van der Waals surface area contributed by atoms with E-state index in [1.807, 2.05) is 24.3 Å². The molecule has 120 valence electrons. The van der Waals surface area contributed by atoms with Gasteiger partial charge in [0.1, 0.15) is 0 Å². The standard InChI is InChI=1S/C17H23ClN2O2/c1-13(12-20-7-9-22-10-8-20)19-16(21)17(5-6-17)14-3-2-4-15(18)11-14/h2-4,11,13H,5-10,12H2,1H3,(H,19,21)/t13-/m0/s1. The van der Waals surface area contributed by atoms with Crippen LogP contribution >= 0.6 is 11.6 Å². The molecule has 1 aromatic carbocycles. The van der Waals surface area contributed by atoms with Crippen LogP contribution in [0.1, 0.15) is 25.3 Å². The Hall–Kier alpha value is -1.10. The number of carbonyl (C=O) groups is 1. The van der Waals surface area contributed by atoms with E-state index in [-0.39, 0.29) is 17.4 Å². The fraction of sp³-hybridized carbons (Fsp3) is 0.588. The van der Waals surface area contributed by atoms with Crippen molar-refractivity contribution in [2.24, 2.45) is 0 Å². The van der Waals surface area contributed by atoms with Gasteiger partial charge in [0.05, 0.1) is 18.6 Å². The maximum atomic E-state index is 12.7. The van der Waals surface area contributed by atoms with Crippen LogP contribution in [0.5, 0.6) is 0 Å². The number of nitrogens with zero attached hydrogens (tertiary/aromatic N) is 1. The molecule has 1 aromatic rings. The molecule has 0 aromatic heterocycles. The van der Waals surface area contributed by atoms with Crippen molar-refractivity contribution in [3.8, 4) is 0 Å². The monoisotopic (exact) mass is 322 g/mol. The van der Waals surface area contributed by atoms with Crippen molar-refractivity contribution in [3.05, 3.63) is 34.9 Å². The summed E-state index contributed by atoms with van der Waals surface area (Å²) in [5.74, 6) is 0.135. The zero-order valence-electron chi connectivity index (χ0n) is 13.0. The first kappa shape index (κ1) is 15.8. The van der Waals surface area contributed by atoms with Gasteiger partial charge in [-0.3, -0.25) is 9.69 Å². The smallest absolute Gasteiger partial charge is 0.230 e. The lowest BCUT2D eigenvalue weighted by Gasteiger charge is -2.30. The average Bonchev–Trinajstić information content (AvgIpc) is 3.30. The molecule has 1 N–H and O–H groups in total. The van der Waals surface area contributed by atoms with E-state index < -0.39 is 0 Å². The van der Waals surface area contributed by atoms with Gasteiger partial charge in [0.25, 0.3) is 0 Å². The number of benzene rings is 1. The van der Waals surface area contributed by atoms with Gasteiger partial charge in [0.15, 0.2) is 0 Å². The Morgan fingerprint density at radius 3 is 2.77 bits per heavy atom. The van der Waals surface area contributed by atoms with Gasteiger partial charge in [-0.25, -0.2) is 0 Å². The van der Waals surface area contributed by atoms with E-state index in [2.05, 4.69) is 17.1 Å². The Morgan fingerprint density at radius 2 is 2.14 bits per heavy atom. The van der Waals surface area contributed by atoms with Crippen LogP contribution in [-0.4, -0.2) is 49.7 Å². The molecule has 0 bridgehead atoms. The second kappa shape index (κ2) is 6.57. The molecule has 2 fully saturated rings. The highest BCUT2D eigenvalue weighted by Gasteiger charge is 2.51. The maximum absolute atomic E-state index is 12.7. The first-order valence-electron chi connectivity index (χ1n) is 7.97. The van der Waals surface area contributed by atoms with Gasteiger partial charge in [0.2, 0.25) is 5.91 Å². The summed E-state index contributed by atoms with van der Waals surface area (Å²) in [5.41, 5.74) is 0.681. The Kier molecular flexibility index (Phi) is 4.71. The van der Waals surface area contributed by atoms with Gasteiger partial charge >= 0.3 is 0 Å². The van der Waals surface area contributed by atoms with Crippen molar-refractivity contribution in [1.82, 2.24) is 10.2 Å². The van der Waals surface area contributed by atoms with Gasteiger partial charge in [-0.15, -0.1) is 0 Å². The van der Waals surface area contributed by atoms with E-state index in [1.165, 1.54) is 0 Å². The summed E-state index contributed by atoms with van der Waals surface area (Å²) in [7, 11) is 0. The minimum absolute atomic E-state index is 0.135. The molecule has 0 unspecified atom stereocenters. The van der Waals surface area contributed by atoms with Gasteiger partial charge in [-0.2, -0.15) is 0 Å². The number of amides is 1. The third-order valence-corrected chi connectivity index (χ3v) is 4.81. The number of morpholine rings is 1. The molecule has 1 saturated carbocycles. The lowest BCUT2D eigenvalue weighted by atomic mass is 9.94. The molecular weight excluding hydrogens is 300 g/mol. The molecule has 2 aliphatic rings. The topological polar surface area (TPSA) is 41.6 Å². The van der Waals surface area contributed by atoms with Crippen molar-refractivity contribution < 1.29 is 9.53 Å². The highest BCUT2D eigenvalue weighted by molar-refractivity contribution is 6.30. The molecular formula is C17H23ClN2O2. The molecule has 0 spiro atoms. The first-order valence-corrected chi connectivity index (χ1v) is 8.35. The predicted molar refractivity (Wildman–Crippen MR) is 87.2 cm³/mol. The van der Waals surface area contributed by atoms with Crippen LogP contribution < -0.4 is 5.32 Å². The van der Waals surface area contributed by atoms with Crippen LogP contribution in [0, 0.1) is 0 Å². The second-order valence-electron chi connectivity index (χ2n) is 6.38. The van der Waals surface area contributed by atoms with Crippen molar-refractivity contribution in [1.29, 1.82) is 0 Å². The highest BCUT2D eigenvalue weighted by atomic mass is 35.5. The molecule has 1 heterocycles. The van der Waals surface area contributed by atoms with E-state index in [4.69, 9.17) is 16.3 Å². The summed E-state index contributed by atoms with van der Waals surface area (Å²) in [6.45, 7) is 6.40. The summed E-state index contributed by atoms with van der Waals surface area (Å²) < 4.78 is 5.35. The van der Waals surface area contributed by atoms with E-state index in [9.17, 15) is 4.79 Å². The molecule has 1 amide bonds. The number of nitrogens with one attached hydrogen (secondary N) is 1. The fourth-order valence-electron chi connectivity index (χ4n) is 3.14. The molecule has 0 radical (unpaired) electrons. The molecule has 5 heteroatoms. The Bertz CT molecular complexity index is 539. The summed E-state index contributed by atoms with van der Waals surface area (Å²) in [6.07, 6.45) is 1.81. The third kappa shape index (κ3) is 3.45. The zero-order valence-corrected chi connectivity index (χ0v) is 13.7. The number of hydrogen-bond acceptors (Lipinski definition) is 3. The third-order valence-electron chi connectivity index (χ3n) is 4.58.